The van der Waals surface area contributed by atoms with Crippen LogP contribution in [0.15, 0.2) is 249 Å². The molecule has 14 rings (SSSR count). The second-order valence-corrected chi connectivity index (χ2v) is 33.9. The number of rotatable bonds is 29. The number of benzene rings is 9. The fourth-order valence-corrected chi connectivity index (χ4v) is 14.8. The molecule has 130 heavy (non-hydrogen) atoms. The van der Waals surface area contributed by atoms with Crippen LogP contribution in [0.2, 0.25) is 0 Å². The fourth-order valence-electron chi connectivity index (χ4n) is 14.8. The van der Waals surface area contributed by atoms with Gasteiger partial charge in [0.15, 0.2) is 48.1 Å². The van der Waals surface area contributed by atoms with Gasteiger partial charge in [-0.3, -0.25) is 0 Å². The van der Waals surface area contributed by atoms with E-state index in [0.29, 0.717) is 34.4 Å². The number of nitriles is 2. The lowest BCUT2D eigenvalue weighted by Crippen LogP contribution is -2.52. The summed E-state index contributed by atoms with van der Waals surface area (Å²) in [5.74, 6) is -4.89. The molecular weight excluding hydrogens is 1670 g/mol. The summed E-state index contributed by atoms with van der Waals surface area (Å²) in [6, 6.07) is 73.9. The Morgan fingerprint density at radius 2 is 0.846 bits per heavy atom. The smallest absolute Gasteiger partial charge is 0.338 e. The van der Waals surface area contributed by atoms with Gasteiger partial charge in [0.05, 0.1) is 78.4 Å². The molecule has 5 aliphatic heterocycles. The molecule has 6 unspecified atom stereocenters. The fraction of sp³-hybridized carbons (Fsp3) is 0.379. The highest BCUT2D eigenvalue weighted by Crippen LogP contribution is 2.43. The van der Waals surface area contributed by atoms with Crippen LogP contribution in [0.5, 0.6) is 0 Å². The summed E-state index contributed by atoms with van der Waals surface area (Å²) in [6.07, 6.45) is -8.59. The number of esters is 6. The van der Waals surface area contributed by atoms with Gasteiger partial charge in [-0.25, -0.2) is 28.8 Å². The minimum atomic E-state index is -1.47. The molecule has 684 valence electrons. The number of aryl methyl sites for hydroxylation is 6. The molecule has 0 bridgehead atoms. The third-order valence-electron chi connectivity index (χ3n) is 22.5. The SMILES string of the molecule is CC1(C)OC[C@@H](C2OC3OC(C)(C)O[C@@H]3[C@H]2O)O1.Cc1ccc(C(=O)OCC(O)[C@@H](OC(=O)c2ccc(C)cc2)[C@](C)(C=CC#N)OCc2ccccc2)cc1.Cc1ccc(C(=O)OCC2OC(O)[C@](C)(OCc3ccccc3)[C@@H]2OC(=O)c2ccc(C)cc2)cc1.Cc1ccc(C(=O)OCC2O[C@@H](CC#N)[C@](C)(OCc3ccccc3)[C@@H]2OC(=O)c2ccc(C)cc2)cc1. The number of aliphatic hydroxyl groups excluding tert-OH is 3. The predicted molar refractivity (Wildman–Crippen MR) is 475 cm³/mol. The molecule has 0 aliphatic carbocycles. The Bertz CT molecular complexity index is 5340. The first kappa shape index (κ1) is 98.6. The van der Waals surface area contributed by atoms with Crippen molar-refractivity contribution in [3.63, 3.8) is 0 Å². The number of ether oxygens (including phenoxy) is 16. The molecule has 3 N–H and O–H groups in total. The van der Waals surface area contributed by atoms with E-state index in [2.05, 4.69) is 6.07 Å². The molecule has 0 saturated carbocycles. The number of nitrogens with zero attached hydrogens (tertiary/aromatic N) is 2. The van der Waals surface area contributed by atoms with E-state index >= 15 is 0 Å². The average Bonchev–Trinajstić information content (AvgIpc) is 1.59. The molecule has 5 aliphatic rings. The van der Waals surface area contributed by atoms with Crippen LogP contribution in [-0.4, -0.2) is 186 Å². The second-order valence-electron chi connectivity index (χ2n) is 33.9. The first-order chi connectivity index (χ1) is 62.0. The summed E-state index contributed by atoms with van der Waals surface area (Å²) in [5, 5.41) is 51.0. The average molecular weight is 1780 g/mol. The van der Waals surface area contributed by atoms with Crippen LogP contribution >= 0.6 is 0 Å². The summed E-state index contributed by atoms with van der Waals surface area (Å²) >= 11 is 0. The summed E-state index contributed by atoms with van der Waals surface area (Å²) < 4.78 is 92.6. The van der Waals surface area contributed by atoms with E-state index in [-0.39, 0.29) is 51.1 Å². The van der Waals surface area contributed by atoms with Crippen LogP contribution in [0.3, 0.4) is 0 Å². The monoisotopic (exact) mass is 1780 g/mol. The van der Waals surface area contributed by atoms with Gasteiger partial charge in [0.1, 0.15) is 79.9 Å². The van der Waals surface area contributed by atoms with E-state index in [0.717, 1.165) is 50.1 Å². The summed E-state index contributed by atoms with van der Waals surface area (Å²) in [5.41, 5.74) is 6.73. The summed E-state index contributed by atoms with van der Waals surface area (Å²) in [7, 11) is 0. The Labute approximate surface area is 757 Å². The van der Waals surface area contributed by atoms with Crippen LogP contribution in [0.4, 0.5) is 0 Å². The van der Waals surface area contributed by atoms with Crippen LogP contribution < -0.4 is 0 Å². The minimum Gasteiger partial charge on any atom is -0.459 e. The van der Waals surface area contributed by atoms with Crippen molar-refractivity contribution >= 4 is 35.8 Å². The minimum absolute atomic E-state index is 0.00623. The maximum Gasteiger partial charge on any atom is 0.338 e. The maximum atomic E-state index is 13.2. The summed E-state index contributed by atoms with van der Waals surface area (Å²) in [4.78, 5) is 77.1. The van der Waals surface area contributed by atoms with Crippen molar-refractivity contribution in [2.45, 2.75) is 224 Å². The van der Waals surface area contributed by atoms with Crippen molar-refractivity contribution in [3.8, 4) is 12.1 Å². The van der Waals surface area contributed by atoms with Crippen molar-refractivity contribution in [3.05, 3.63) is 332 Å². The normalized spacial score (nSPS) is 24.0. The standard InChI is InChI=1S/2C31H31NO6.C29H30O7.C12H20O6/c1-21-9-13-24(14-10-21)29(33)35-20-26-28(38-30(34)25-15-11-22(2)12-16-25)31(3,27(37-26)17-18-32)36-19-23-7-5-4-6-8-23;1-22-10-14-25(15-11-22)29(34)36-21-27(33)28(38-30(35)26-16-12-23(2)13-17-26)31(3,18-7-19-32)37-20-24-8-5-4-6-9-24;1-19-9-13-22(14-10-19)26(30)33-18-24-25(36-27(31)23-15-11-20(2)12-16-23)29(3,28(32)35-24)34-17-21-7-5-4-6-8-21;1-11(2)14-5-6(16-11)8-7(13)9-10(15-8)18-12(3,4)17-9/h4-16,26-28H,17,19-20H2,1-3H3;4-18,27-28,33H,20-21H2,1-3H3;4-16,24-25,28,32H,17-18H2,1-3H3;6-10,13H,5H2,1-4H3/t26?,27-,28+,31-;27?,28-,31+;24?,25-,28?,29-;6-,7-,8?,9+,10?/m0110/s1. The predicted octanol–water partition coefficient (Wildman–Crippen LogP) is 15.2. The molecule has 0 spiro atoms. The number of hydrogen-bond donors (Lipinski definition) is 3. The van der Waals surface area contributed by atoms with E-state index < -0.39 is 144 Å². The van der Waals surface area contributed by atoms with E-state index in [1.54, 1.807) is 132 Å². The van der Waals surface area contributed by atoms with Crippen LogP contribution in [0.25, 0.3) is 0 Å². The number of fused-ring (bicyclic) bond motifs is 1. The van der Waals surface area contributed by atoms with Gasteiger partial charge < -0.3 is 91.1 Å². The third-order valence-corrected chi connectivity index (χ3v) is 22.5. The van der Waals surface area contributed by atoms with Gasteiger partial charge in [-0.15, -0.1) is 0 Å². The Morgan fingerprint density at radius 3 is 1.25 bits per heavy atom. The highest BCUT2D eigenvalue weighted by Gasteiger charge is 2.61. The second kappa shape index (κ2) is 45.0. The summed E-state index contributed by atoms with van der Waals surface area (Å²) in [6.45, 7) is 23.8. The van der Waals surface area contributed by atoms with Gasteiger partial charge >= 0.3 is 35.8 Å². The molecule has 0 amide bonds. The van der Waals surface area contributed by atoms with Crippen LogP contribution in [0, 0.1) is 64.2 Å². The first-order valence-electron chi connectivity index (χ1n) is 42.8. The number of carbonyl (C=O) groups excluding carboxylic acids is 6. The molecule has 5 saturated heterocycles. The van der Waals surface area contributed by atoms with Gasteiger partial charge in [0.2, 0.25) is 0 Å². The highest BCUT2D eigenvalue weighted by molar-refractivity contribution is 5.92. The maximum absolute atomic E-state index is 13.2. The molecular formula is C103H112N2O25. The van der Waals surface area contributed by atoms with Crippen molar-refractivity contribution < 1.29 is 120 Å². The lowest BCUT2D eigenvalue weighted by Gasteiger charge is -2.37. The van der Waals surface area contributed by atoms with Crippen molar-refractivity contribution in [1.29, 1.82) is 10.5 Å². The lowest BCUT2D eigenvalue weighted by atomic mass is 9.90. The zero-order valence-electron chi connectivity index (χ0n) is 75.1. The van der Waals surface area contributed by atoms with Gasteiger partial charge in [-0.1, -0.05) is 197 Å². The largest absolute Gasteiger partial charge is 0.459 e. The Balaban J connectivity index is 0.000000172. The first-order valence-corrected chi connectivity index (χ1v) is 42.8. The molecule has 27 heteroatoms. The molecule has 5 fully saturated rings. The van der Waals surface area contributed by atoms with E-state index in [9.17, 15) is 54.6 Å². The quantitative estimate of drug-likeness (QED) is 0.0223. The Morgan fingerprint density at radius 1 is 0.462 bits per heavy atom. The van der Waals surface area contributed by atoms with Crippen LogP contribution in [-0.2, 0) is 95.6 Å². The van der Waals surface area contributed by atoms with Gasteiger partial charge in [0, 0.05) is 6.08 Å². The molecule has 5 heterocycles. The molecule has 9 aromatic carbocycles. The molecule has 0 aromatic heterocycles. The lowest BCUT2D eigenvalue weighted by molar-refractivity contribution is -0.232. The number of allylic oxidation sites excluding steroid dienone is 1. The number of aliphatic hydroxyl groups is 3. The van der Waals surface area contributed by atoms with Crippen molar-refractivity contribution in [2.75, 3.05) is 26.4 Å². The number of carbonyl (C=O) groups is 6. The number of hydrogen-bond acceptors (Lipinski definition) is 27. The van der Waals surface area contributed by atoms with Crippen molar-refractivity contribution in [1.82, 2.24) is 0 Å². The zero-order valence-corrected chi connectivity index (χ0v) is 75.1. The Kier molecular flexibility index (Phi) is 34.1. The Hall–Kier alpha value is -12.0. The molecule has 9 aromatic rings. The van der Waals surface area contributed by atoms with E-state index in [1.165, 1.54) is 12.2 Å². The van der Waals surface area contributed by atoms with Gasteiger partial charge in [-0.05, 0) is 186 Å². The van der Waals surface area contributed by atoms with Gasteiger partial charge in [0.25, 0.3) is 0 Å². The topological polar surface area (TPSA) is 358 Å². The van der Waals surface area contributed by atoms with Crippen LogP contribution in [0.1, 0.15) is 167 Å². The van der Waals surface area contributed by atoms with E-state index in [1.807, 2.05) is 201 Å². The third kappa shape index (κ3) is 26.6. The molecule has 0 radical (unpaired) electrons. The van der Waals surface area contributed by atoms with E-state index in [4.69, 9.17) is 75.8 Å². The zero-order chi connectivity index (χ0) is 93.5. The molecule has 27 nitrogen and oxygen atoms in total. The highest BCUT2D eigenvalue weighted by atomic mass is 16.8. The van der Waals surface area contributed by atoms with Crippen molar-refractivity contribution in [2.24, 2.45) is 0 Å². The van der Waals surface area contributed by atoms with Gasteiger partial charge in [-0.2, -0.15) is 10.5 Å². The molecule has 16 atom stereocenters.